The normalized spacial score (nSPS) is 10.4. The molecule has 6 nitrogen and oxygen atoms in total. The van der Waals surface area contributed by atoms with Gasteiger partial charge in [0.1, 0.15) is 18.1 Å². The molecule has 0 bridgehead atoms. The van der Waals surface area contributed by atoms with E-state index in [9.17, 15) is 9.59 Å². The van der Waals surface area contributed by atoms with Gasteiger partial charge in [-0.3, -0.25) is 9.59 Å². The zero-order valence-corrected chi connectivity index (χ0v) is 12.3. The molecule has 23 heavy (non-hydrogen) atoms. The molecule has 2 aromatic carbocycles. The third-order valence-electron chi connectivity index (χ3n) is 3.29. The number of rotatable bonds is 5. The summed E-state index contributed by atoms with van der Waals surface area (Å²) >= 11 is 0. The van der Waals surface area contributed by atoms with Crippen LogP contribution in [0.2, 0.25) is 0 Å². The van der Waals surface area contributed by atoms with Crippen LogP contribution in [0.3, 0.4) is 0 Å². The highest BCUT2D eigenvalue weighted by molar-refractivity contribution is 5.91. The van der Waals surface area contributed by atoms with Gasteiger partial charge in [0.05, 0.1) is 6.54 Å². The van der Waals surface area contributed by atoms with E-state index in [4.69, 9.17) is 4.74 Å². The van der Waals surface area contributed by atoms with Crippen LogP contribution in [0.5, 0.6) is 5.75 Å². The number of nitrogens with zero attached hydrogens (tertiary/aromatic N) is 1. The van der Waals surface area contributed by atoms with Crippen LogP contribution in [0, 0.1) is 0 Å². The summed E-state index contributed by atoms with van der Waals surface area (Å²) in [4.78, 5) is 22.7. The summed E-state index contributed by atoms with van der Waals surface area (Å²) < 4.78 is 5.63. The van der Waals surface area contributed by atoms with Gasteiger partial charge in [-0.2, -0.15) is 5.10 Å². The van der Waals surface area contributed by atoms with Crippen LogP contribution in [0.4, 0.5) is 0 Å². The molecular formula is C17H15N3O3. The predicted molar refractivity (Wildman–Crippen MR) is 86.6 cm³/mol. The summed E-state index contributed by atoms with van der Waals surface area (Å²) in [5, 5.41) is 10.8. The van der Waals surface area contributed by atoms with Crippen molar-refractivity contribution >= 4 is 16.7 Å². The summed E-state index contributed by atoms with van der Waals surface area (Å²) in [5.74, 6) is 0.392. The lowest BCUT2D eigenvalue weighted by Gasteiger charge is -2.08. The van der Waals surface area contributed by atoms with E-state index in [-0.39, 0.29) is 17.2 Å². The third kappa shape index (κ3) is 3.74. The maximum absolute atomic E-state index is 11.8. The van der Waals surface area contributed by atoms with E-state index in [1.54, 1.807) is 0 Å². The van der Waals surface area contributed by atoms with Crippen LogP contribution in [0.25, 0.3) is 10.8 Å². The molecule has 0 radical (unpaired) electrons. The van der Waals surface area contributed by atoms with E-state index in [2.05, 4.69) is 15.5 Å². The molecule has 116 valence electrons. The van der Waals surface area contributed by atoms with Gasteiger partial charge in [0.25, 0.3) is 11.5 Å². The van der Waals surface area contributed by atoms with E-state index in [1.165, 1.54) is 12.1 Å². The number of aromatic amines is 1. The number of benzene rings is 2. The maximum Gasteiger partial charge on any atom is 0.271 e. The number of ether oxygens (including phenoxy) is 1. The minimum absolute atomic E-state index is 0.162. The van der Waals surface area contributed by atoms with Gasteiger partial charge in [-0.05, 0) is 29.0 Å². The first-order chi connectivity index (χ1) is 11.2. The first kappa shape index (κ1) is 14.8. The molecule has 6 heteroatoms. The molecular weight excluding hydrogens is 294 g/mol. The highest BCUT2D eigenvalue weighted by Gasteiger charge is 2.06. The van der Waals surface area contributed by atoms with Gasteiger partial charge in [-0.1, -0.05) is 30.3 Å². The van der Waals surface area contributed by atoms with Crippen molar-refractivity contribution in [2.24, 2.45) is 0 Å². The Hall–Kier alpha value is -3.15. The molecule has 1 aromatic heterocycles. The molecule has 0 saturated heterocycles. The molecule has 0 fully saturated rings. The minimum Gasteiger partial charge on any atom is -0.492 e. The van der Waals surface area contributed by atoms with Crippen LogP contribution in [0.1, 0.15) is 10.5 Å². The molecule has 0 spiro atoms. The van der Waals surface area contributed by atoms with E-state index < -0.39 is 0 Å². The summed E-state index contributed by atoms with van der Waals surface area (Å²) in [6.07, 6.45) is 0. The lowest BCUT2D eigenvalue weighted by atomic mass is 10.1. The number of hydrogen-bond acceptors (Lipinski definition) is 4. The molecule has 3 aromatic rings. The van der Waals surface area contributed by atoms with Crippen molar-refractivity contribution in [2.75, 3.05) is 13.2 Å². The quantitative estimate of drug-likeness (QED) is 0.703. The van der Waals surface area contributed by atoms with E-state index in [0.717, 1.165) is 16.5 Å². The molecule has 1 amide bonds. The topological polar surface area (TPSA) is 84.1 Å². The van der Waals surface area contributed by atoms with E-state index >= 15 is 0 Å². The van der Waals surface area contributed by atoms with Crippen molar-refractivity contribution in [3.05, 3.63) is 70.6 Å². The number of carbonyl (C=O) groups is 1. The molecule has 0 unspecified atom stereocenters. The average molecular weight is 309 g/mol. The zero-order chi connectivity index (χ0) is 16.1. The summed E-state index contributed by atoms with van der Waals surface area (Å²) in [6.45, 7) is 0.680. The van der Waals surface area contributed by atoms with E-state index in [1.807, 2.05) is 42.5 Å². The van der Waals surface area contributed by atoms with Crippen LogP contribution in [-0.2, 0) is 0 Å². The molecule has 2 N–H and O–H groups in total. The summed E-state index contributed by atoms with van der Waals surface area (Å²) in [6, 6.07) is 16.5. The second-order valence-electron chi connectivity index (χ2n) is 4.92. The van der Waals surface area contributed by atoms with Crippen molar-refractivity contribution in [1.82, 2.24) is 15.5 Å². The first-order valence-corrected chi connectivity index (χ1v) is 7.18. The van der Waals surface area contributed by atoms with Gasteiger partial charge >= 0.3 is 0 Å². The minimum atomic E-state index is -0.358. The number of fused-ring (bicyclic) bond motifs is 1. The highest BCUT2D eigenvalue weighted by atomic mass is 16.5. The van der Waals surface area contributed by atoms with Crippen LogP contribution in [0.15, 0.2) is 59.4 Å². The predicted octanol–water partition coefficient (Wildman–Crippen LogP) is 1.73. The Balaban J connectivity index is 1.51. The lowest BCUT2D eigenvalue weighted by molar-refractivity contribution is 0.0941. The fraction of sp³-hybridized carbons (Fsp3) is 0.118. The Bertz CT molecular complexity index is 869. The smallest absolute Gasteiger partial charge is 0.271 e. The van der Waals surface area contributed by atoms with Gasteiger partial charge in [0, 0.05) is 6.07 Å². The fourth-order valence-corrected chi connectivity index (χ4v) is 2.15. The van der Waals surface area contributed by atoms with Gasteiger partial charge in [-0.15, -0.1) is 0 Å². The number of amides is 1. The van der Waals surface area contributed by atoms with Crippen LogP contribution >= 0.6 is 0 Å². The van der Waals surface area contributed by atoms with Crippen molar-refractivity contribution in [3.8, 4) is 5.75 Å². The Morgan fingerprint density at radius 2 is 1.91 bits per heavy atom. The first-order valence-electron chi connectivity index (χ1n) is 7.18. The largest absolute Gasteiger partial charge is 0.492 e. The SMILES string of the molecule is O=C(NCCOc1ccc2ccccc2c1)c1ccc(=O)[nH]n1. The summed E-state index contributed by atoms with van der Waals surface area (Å²) in [5.41, 5.74) is -0.184. The zero-order valence-electron chi connectivity index (χ0n) is 12.3. The number of nitrogens with one attached hydrogen (secondary N) is 2. The van der Waals surface area contributed by atoms with Crippen LogP contribution in [-0.4, -0.2) is 29.3 Å². The van der Waals surface area contributed by atoms with Gasteiger partial charge in [0.2, 0.25) is 0 Å². The van der Waals surface area contributed by atoms with E-state index in [0.29, 0.717) is 13.2 Å². The molecule has 1 heterocycles. The Morgan fingerprint density at radius 3 is 2.70 bits per heavy atom. The standard InChI is InChI=1S/C17H15N3O3/c21-16-8-7-15(19-20-16)17(22)18-9-10-23-14-6-5-12-3-1-2-4-13(12)11-14/h1-8,11H,9-10H2,(H,18,22)(H,20,21). The summed E-state index contributed by atoms with van der Waals surface area (Å²) in [7, 11) is 0. The molecule has 0 atom stereocenters. The maximum atomic E-state index is 11.8. The average Bonchev–Trinajstić information content (AvgIpc) is 2.59. The van der Waals surface area contributed by atoms with Gasteiger partial charge in [0.15, 0.2) is 0 Å². The number of hydrogen-bond donors (Lipinski definition) is 2. The monoisotopic (exact) mass is 309 g/mol. The molecule has 3 rings (SSSR count). The van der Waals surface area contributed by atoms with Crippen molar-refractivity contribution in [1.29, 1.82) is 0 Å². The second-order valence-corrected chi connectivity index (χ2v) is 4.92. The van der Waals surface area contributed by atoms with Crippen molar-refractivity contribution < 1.29 is 9.53 Å². The Labute approximate surface area is 132 Å². The fourth-order valence-electron chi connectivity index (χ4n) is 2.15. The molecule has 0 aliphatic heterocycles. The number of H-pyrrole nitrogens is 1. The van der Waals surface area contributed by atoms with Crippen LogP contribution < -0.4 is 15.6 Å². The molecule has 0 saturated carbocycles. The Kier molecular flexibility index (Phi) is 4.33. The number of carbonyl (C=O) groups excluding carboxylic acids is 1. The van der Waals surface area contributed by atoms with Crippen molar-refractivity contribution in [2.45, 2.75) is 0 Å². The van der Waals surface area contributed by atoms with Crippen molar-refractivity contribution in [3.63, 3.8) is 0 Å². The van der Waals surface area contributed by atoms with Gasteiger partial charge < -0.3 is 10.1 Å². The third-order valence-corrected chi connectivity index (χ3v) is 3.29. The van der Waals surface area contributed by atoms with Gasteiger partial charge in [-0.25, -0.2) is 5.10 Å². The Morgan fingerprint density at radius 1 is 1.09 bits per heavy atom. The second kappa shape index (κ2) is 6.74. The number of aromatic nitrogens is 2. The molecule has 0 aliphatic carbocycles. The lowest BCUT2D eigenvalue weighted by Crippen LogP contribution is -2.29. The molecule has 0 aliphatic rings. The highest BCUT2D eigenvalue weighted by Crippen LogP contribution is 2.20.